The molecule has 2 rings (SSSR count). The van der Waals surface area contributed by atoms with Crippen molar-refractivity contribution in [3.05, 3.63) is 29.3 Å². The average Bonchev–Trinajstić information content (AvgIpc) is 2.34. The molecule has 1 saturated carbocycles. The van der Waals surface area contributed by atoms with E-state index in [-0.39, 0.29) is 11.8 Å². The molecule has 2 N–H and O–H groups in total. The van der Waals surface area contributed by atoms with Crippen LogP contribution in [-0.2, 0) is 6.18 Å². The van der Waals surface area contributed by atoms with E-state index >= 15 is 0 Å². The second-order valence-corrected chi connectivity index (χ2v) is 4.65. The Hall–Kier alpha value is -2.43. The number of halogens is 3. The molecule has 0 radical (unpaired) electrons. The van der Waals surface area contributed by atoms with Crippen LogP contribution in [0.3, 0.4) is 0 Å². The van der Waals surface area contributed by atoms with Gasteiger partial charge in [-0.3, -0.25) is 0 Å². The topological polar surface area (TPSA) is 82.3 Å². The van der Waals surface area contributed by atoms with Crippen molar-refractivity contribution in [1.82, 2.24) is 5.32 Å². The quantitative estimate of drug-likeness (QED) is 0.899. The lowest BCUT2D eigenvalue weighted by atomic mass is 9.89. The number of nitrogens with zero attached hydrogens (tertiary/aromatic N) is 1. The first-order chi connectivity index (χ1) is 9.81. The van der Waals surface area contributed by atoms with E-state index in [9.17, 15) is 18.0 Å². The molecular formula is C13H11F3N2O3. The lowest BCUT2D eigenvalue weighted by Gasteiger charge is -2.35. The Kier molecular flexibility index (Phi) is 3.93. The van der Waals surface area contributed by atoms with Crippen molar-refractivity contribution in [2.75, 3.05) is 0 Å². The van der Waals surface area contributed by atoms with Crippen LogP contribution in [0, 0.1) is 11.3 Å². The van der Waals surface area contributed by atoms with E-state index in [0.717, 1.165) is 6.07 Å². The zero-order chi connectivity index (χ0) is 15.6. The van der Waals surface area contributed by atoms with Crippen molar-refractivity contribution >= 4 is 6.09 Å². The highest BCUT2D eigenvalue weighted by Gasteiger charge is 2.37. The maximum Gasteiger partial charge on any atom is 0.417 e. The van der Waals surface area contributed by atoms with Gasteiger partial charge >= 0.3 is 12.3 Å². The summed E-state index contributed by atoms with van der Waals surface area (Å²) < 4.78 is 43.7. The summed E-state index contributed by atoms with van der Waals surface area (Å²) in [5, 5.41) is 19.7. The van der Waals surface area contributed by atoms with E-state index in [1.165, 1.54) is 18.2 Å². The summed E-state index contributed by atoms with van der Waals surface area (Å²) >= 11 is 0. The molecule has 1 aromatic carbocycles. The Balaban J connectivity index is 2.09. The predicted molar refractivity (Wildman–Crippen MR) is 64.8 cm³/mol. The van der Waals surface area contributed by atoms with Crippen LogP contribution in [0.25, 0.3) is 0 Å². The molecule has 0 heterocycles. The summed E-state index contributed by atoms with van der Waals surface area (Å²) in [6, 6.07) is 4.53. The fourth-order valence-corrected chi connectivity index (χ4v) is 2.11. The van der Waals surface area contributed by atoms with Gasteiger partial charge in [0.05, 0.1) is 5.56 Å². The molecule has 0 spiro atoms. The number of ether oxygens (including phenoxy) is 1. The minimum atomic E-state index is -4.63. The summed E-state index contributed by atoms with van der Waals surface area (Å²) in [7, 11) is 0. The normalized spacial score (nSPS) is 21.0. The minimum absolute atomic E-state index is 0.133. The van der Waals surface area contributed by atoms with Gasteiger partial charge in [0.15, 0.2) is 0 Å². The number of amides is 1. The number of alkyl halides is 3. The van der Waals surface area contributed by atoms with Gasteiger partial charge < -0.3 is 15.2 Å². The summed E-state index contributed by atoms with van der Waals surface area (Å²) in [5.41, 5.74) is -1.60. The van der Waals surface area contributed by atoms with Crippen LogP contribution < -0.4 is 10.1 Å². The first-order valence-corrected chi connectivity index (χ1v) is 6.07. The first kappa shape index (κ1) is 15.0. The van der Waals surface area contributed by atoms with Crippen molar-refractivity contribution in [3.8, 4) is 11.8 Å². The third-order valence-electron chi connectivity index (χ3n) is 3.16. The van der Waals surface area contributed by atoms with Crippen LogP contribution in [0.15, 0.2) is 18.2 Å². The minimum Gasteiger partial charge on any atom is -0.489 e. The van der Waals surface area contributed by atoms with Gasteiger partial charge in [-0.2, -0.15) is 18.4 Å². The van der Waals surface area contributed by atoms with Crippen molar-refractivity contribution in [2.45, 2.75) is 31.2 Å². The number of carboxylic acid groups (broad SMARTS) is 1. The lowest BCUT2D eigenvalue weighted by Crippen LogP contribution is -2.48. The summed E-state index contributed by atoms with van der Waals surface area (Å²) in [6.07, 6.45) is -5.48. The number of hydrogen-bond donors (Lipinski definition) is 2. The van der Waals surface area contributed by atoms with Crippen molar-refractivity contribution < 1.29 is 27.8 Å². The largest absolute Gasteiger partial charge is 0.489 e. The molecule has 0 unspecified atom stereocenters. The molecule has 1 fully saturated rings. The molecule has 1 aromatic rings. The van der Waals surface area contributed by atoms with Gasteiger partial charge in [0.1, 0.15) is 23.5 Å². The maximum atomic E-state index is 12.8. The summed E-state index contributed by atoms with van der Waals surface area (Å²) in [5.74, 6) is -0.133. The van der Waals surface area contributed by atoms with Crippen LogP contribution in [0.5, 0.6) is 5.75 Å². The second kappa shape index (κ2) is 5.52. The molecular weight excluding hydrogens is 289 g/mol. The van der Waals surface area contributed by atoms with Crippen LogP contribution in [-0.4, -0.2) is 23.3 Å². The zero-order valence-electron chi connectivity index (χ0n) is 10.6. The number of benzene rings is 1. The summed E-state index contributed by atoms with van der Waals surface area (Å²) in [4.78, 5) is 10.4. The second-order valence-electron chi connectivity index (χ2n) is 4.65. The molecule has 8 heteroatoms. The molecule has 1 amide bonds. The highest BCUT2D eigenvalue weighted by Crippen LogP contribution is 2.37. The molecule has 21 heavy (non-hydrogen) atoms. The van der Waals surface area contributed by atoms with E-state index in [0.29, 0.717) is 12.8 Å². The Morgan fingerprint density at radius 3 is 2.62 bits per heavy atom. The van der Waals surface area contributed by atoms with Gasteiger partial charge in [-0.15, -0.1) is 0 Å². The van der Waals surface area contributed by atoms with Gasteiger partial charge in [-0.1, -0.05) is 6.07 Å². The monoisotopic (exact) mass is 300 g/mol. The Morgan fingerprint density at radius 2 is 2.10 bits per heavy atom. The Bertz CT molecular complexity index is 589. The highest BCUT2D eigenvalue weighted by atomic mass is 19.4. The van der Waals surface area contributed by atoms with Gasteiger partial charge in [-0.05, 0) is 12.1 Å². The third kappa shape index (κ3) is 3.37. The molecule has 0 bridgehead atoms. The number of carbonyl (C=O) groups is 1. The standard InChI is InChI=1S/C13H11F3N2O3/c14-13(15,16)10-2-1-3-11(9(10)6-17)21-8-4-7(5-8)18-12(19)20/h1-3,7-8,18H,4-5H2,(H,19,20)/t7-,8-. The van der Waals surface area contributed by atoms with Gasteiger partial charge in [0, 0.05) is 18.9 Å². The molecule has 0 atom stereocenters. The van der Waals surface area contributed by atoms with E-state index in [1.807, 2.05) is 0 Å². The molecule has 1 aliphatic rings. The SMILES string of the molecule is N#Cc1c(O[C@H]2C[C@H](NC(=O)O)C2)cccc1C(F)(F)F. The van der Waals surface area contributed by atoms with E-state index in [4.69, 9.17) is 15.1 Å². The number of rotatable bonds is 3. The predicted octanol–water partition coefficient (Wildman–Crippen LogP) is 2.75. The van der Waals surface area contributed by atoms with Crippen molar-refractivity contribution in [3.63, 3.8) is 0 Å². The van der Waals surface area contributed by atoms with Gasteiger partial charge in [0.25, 0.3) is 0 Å². The van der Waals surface area contributed by atoms with Crippen molar-refractivity contribution in [1.29, 1.82) is 5.26 Å². The lowest BCUT2D eigenvalue weighted by molar-refractivity contribution is -0.138. The van der Waals surface area contributed by atoms with Crippen LogP contribution in [0.4, 0.5) is 18.0 Å². The smallest absolute Gasteiger partial charge is 0.417 e. The number of nitrogens with one attached hydrogen (secondary N) is 1. The van der Waals surface area contributed by atoms with Crippen LogP contribution in [0.1, 0.15) is 24.0 Å². The molecule has 5 nitrogen and oxygen atoms in total. The van der Waals surface area contributed by atoms with Crippen LogP contribution in [0.2, 0.25) is 0 Å². The average molecular weight is 300 g/mol. The summed E-state index contributed by atoms with van der Waals surface area (Å²) in [6.45, 7) is 0. The van der Waals surface area contributed by atoms with E-state index in [1.54, 1.807) is 0 Å². The van der Waals surface area contributed by atoms with Gasteiger partial charge in [0.2, 0.25) is 0 Å². The third-order valence-corrected chi connectivity index (χ3v) is 3.16. The first-order valence-electron chi connectivity index (χ1n) is 6.07. The molecule has 0 aromatic heterocycles. The van der Waals surface area contributed by atoms with E-state index < -0.39 is 29.5 Å². The molecule has 112 valence electrons. The molecule has 1 aliphatic carbocycles. The fourth-order valence-electron chi connectivity index (χ4n) is 2.11. The Morgan fingerprint density at radius 1 is 1.43 bits per heavy atom. The molecule has 0 aliphatic heterocycles. The fraction of sp³-hybridized carbons (Fsp3) is 0.385. The zero-order valence-corrected chi connectivity index (χ0v) is 10.6. The molecule has 0 saturated heterocycles. The van der Waals surface area contributed by atoms with Crippen LogP contribution >= 0.6 is 0 Å². The number of hydrogen-bond acceptors (Lipinski definition) is 3. The maximum absolute atomic E-state index is 12.8. The highest BCUT2D eigenvalue weighted by molar-refractivity contribution is 5.65. The van der Waals surface area contributed by atoms with Gasteiger partial charge in [-0.25, -0.2) is 4.79 Å². The van der Waals surface area contributed by atoms with E-state index in [2.05, 4.69) is 5.32 Å². The number of nitriles is 1. The van der Waals surface area contributed by atoms with Crippen molar-refractivity contribution in [2.24, 2.45) is 0 Å². The Labute approximate surface area is 117 Å².